The zero-order valence-electron chi connectivity index (χ0n) is 21.5. The van der Waals surface area contributed by atoms with Gasteiger partial charge in [-0.25, -0.2) is 0 Å². The summed E-state index contributed by atoms with van der Waals surface area (Å²) in [5.74, 6) is -0.841. The quantitative estimate of drug-likeness (QED) is 0.455. The van der Waals surface area contributed by atoms with E-state index in [0.717, 1.165) is 18.8 Å². The van der Waals surface area contributed by atoms with Gasteiger partial charge in [0.1, 0.15) is 6.10 Å². The van der Waals surface area contributed by atoms with Crippen LogP contribution in [-0.2, 0) is 23.9 Å². The summed E-state index contributed by atoms with van der Waals surface area (Å²) in [7, 11) is 1.36. The van der Waals surface area contributed by atoms with Gasteiger partial charge in [-0.15, -0.1) is 0 Å². The first kappa shape index (κ1) is 24.7. The number of hydrogen-bond acceptors (Lipinski definition) is 6. The highest BCUT2D eigenvalue weighted by Gasteiger charge is 2.71. The van der Waals surface area contributed by atoms with E-state index in [2.05, 4.69) is 6.92 Å². The fourth-order valence-corrected chi connectivity index (χ4v) is 8.68. The Hall–Kier alpha value is -1.95. The van der Waals surface area contributed by atoms with Crippen LogP contribution in [0, 0.1) is 40.4 Å². The minimum Gasteiger partial charge on any atom is -0.469 e. The molecule has 1 saturated heterocycles. The number of methoxy groups -OCH3 is 1. The van der Waals surface area contributed by atoms with Crippen molar-refractivity contribution >= 4 is 17.7 Å². The van der Waals surface area contributed by atoms with Crippen molar-refractivity contribution < 1.29 is 29.0 Å². The van der Waals surface area contributed by atoms with E-state index in [1.807, 2.05) is 6.92 Å². The molecule has 5 rings (SSSR count). The SMILES string of the molecule is COC(=O)C[C@H]1[C@H](CC2=C(C)[C@@H](C3CCCCC3)CC2)[C@H](O)[C@@H]2OC(=O)[C@]3(C)C=CC(=O)[C@@]1(C)[C@@H]23. The van der Waals surface area contributed by atoms with Crippen LogP contribution in [0.1, 0.15) is 78.6 Å². The molecule has 0 bridgehead atoms. The first-order valence-electron chi connectivity index (χ1n) is 13.5. The summed E-state index contributed by atoms with van der Waals surface area (Å²) < 4.78 is 10.8. The van der Waals surface area contributed by atoms with E-state index in [9.17, 15) is 19.5 Å². The molecule has 2 saturated carbocycles. The van der Waals surface area contributed by atoms with Crippen molar-refractivity contribution in [1.29, 1.82) is 0 Å². The topological polar surface area (TPSA) is 89.9 Å². The zero-order chi connectivity index (χ0) is 25.1. The van der Waals surface area contributed by atoms with E-state index < -0.39 is 46.8 Å². The summed E-state index contributed by atoms with van der Waals surface area (Å²) in [5, 5.41) is 11.7. The number of esters is 2. The minimum absolute atomic E-state index is 0.0418. The molecule has 4 aliphatic carbocycles. The predicted molar refractivity (Wildman–Crippen MR) is 130 cm³/mol. The van der Waals surface area contributed by atoms with Crippen LogP contribution in [0.15, 0.2) is 23.3 Å². The van der Waals surface area contributed by atoms with Crippen molar-refractivity contribution in [3.8, 4) is 0 Å². The Balaban J connectivity index is 1.52. The molecule has 0 unspecified atom stereocenters. The van der Waals surface area contributed by atoms with Crippen LogP contribution in [0.4, 0.5) is 0 Å². The first-order chi connectivity index (χ1) is 16.6. The summed E-state index contributed by atoms with van der Waals surface area (Å²) in [6.07, 6.45) is 10.8. The van der Waals surface area contributed by atoms with Gasteiger partial charge in [0.25, 0.3) is 0 Å². The van der Waals surface area contributed by atoms with Crippen molar-refractivity contribution in [2.45, 2.75) is 90.8 Å². The van der Waals surface area contributed by atoms with E-state index in [-0.39, 0.29) is 18.1 Å². The average Bonchev–Trinajstić information content (AvgIpc) is 3.35. The number of carbonyl (C=O) groups excluding carboxylic acids is 3. The molecule has 0 spiro atoms. The normalized spacial score (nSPS) is 43.3. The second-order valence-electron chi connectivity index (χ2n) is 12.2. The molecule has 0 aromatic rings. The molecule has 192 valence electrons. The largest absolute Gasteiger partial charge is 0.469 e. The molecule has 0 aromatic carbocycles. The molecule has 3 fully saturated rings. The first-order valence-corrected chi connectivity index (χ1v) is 13.5. The highest BCUT2D eigenvalue weighted by atomic mass is 16.6. The van der Waals surface area contributed by atoms with Crippen molar-refractivity contribution in [2.24, 2.45) is 40.4 Å². The van der Waals surface area contributed by atoms with Crippen molar-refractivity contribution in [3.63, 3.8) is 0 Å². The van der Waals surface area contributed by atoms with Crippen LogP contribution in [0.2, 0.25) is 0 Å². The fourth-order valence-electron chi connectivity index (χ4n) is 8.68. The van der Waals surface area contributed by atoms with Crippen molar-refractivity contribution in [1.82, 2.24) is 0 Å². The van der Waals surface area contributed by atoms with Gasteiger partial charge in [-0.3, -0.25) is 14.4 Å². The maximum absolute atomic E-state index is 13.5. The van der Waals surface area contributed by atoms with E-state index >= 15 is 0 Å². The molecule has 1 heterocycles. The summed E-state index contributed by atoms with van der Waals surface area (Å²) >= 11 is 0. The Bertz CT molecular complexity index is 974. The summed E-state index contributed by atoms with van der Waals surface area (Å²) in [6.45, 7) is 5.92. The number of hydrogen-bond donors (Lipinski definition) is 1. The van der Waals surface area contributed by atoms with E-state index in [4.69, 9.17) is 9.47 Å². The molecule has 0 aromatic heterocycles. The number of carbonyl (C=O) groups is 3. The molecule has 6 heteroatoms. The Kier molecular flexibility index (Phi) is 6.26. The van der Waals surface area contributed by atoms with E-state index in [1.165, 1.54) is 56.4 Å². The molecule has 1 aliphatic heterocycles. The van der Waals surface area contributed by atoms with Crippen LogP contribution in [-0.4, -0.2) is 42.1 Å². The van der Waals surface area contributed by atoms with Gasteiger partial charge in [-0.1, -0.05) is 43.4 Å². The maximum atomic E-state index is 13.5. The Morgan fingerprint density at radius 1 is 1.17 bits per heavy atom. The van der Waals surface area contributed by atoms with Gasteiger partial charge in [0.05, 0.1) is 18.6 Å². The second-order valence-corrected chi connectivity index (χ2v) is 12.2. The molecular weight excluding hydrogens is 444 g/mol. The Morgan fingerprint density at radius 3 is 2.57 bits per heavy atom. The molecule has 5 aliphatic rings. The summed E-state index contributed by atoms with van der Waals surface area (Å²) in [6, 6.07) is 0. The van der Waals surface area contributed by atoms with Crippen molar-refractivity contribution in [3.05, 3.63) is 23.3 Å². The highest BCUT2D eigenvalue weighted by molar-refractivity contribution is 6.00. The lowest BCUT2D eigenvalue weighted by Gasteiger charge is -2.55. The second kappa shape index (κ2) is 8.86. The van der Waals surface area contributed by atoms with E-state index in [1.54, 1.807) is 13.0 Å². The van der Waals surface area contributed by atoms with Crippen molar-refractivity contribution in [2.75, 3.05) is 7.11 Å². The van der Waals surface area contributed by atoms with Crippen LogP contribution >= 0.6 is 0 Å². The van der Waals surface area contributed by atoms with Gasteiger partial charge in [-0.2, -0.15) is 0 Å². The van der Waals surface area contributed by atoms with E-state index in [0.29, 0.717) is 12.3 Å². The Labute approximate surface area is 208 Å². The molecule has 0 amide bonds. The standard InChI is InChI=1S/C29H40O6/c1-16-18(10-11-19(16)17-8-6-5-7-9-17)14-20-21(15-23(31)34-4)29(3)22(30)12-13-28(2)26(29)25(24(20)32)35-27(28)33/h12-13,17,19-21,24-26,32H,5-11,14-15H2,1-4H3/t19-,20-,21-,24-,25-,26-,28+,29-/m0/s1. The number of ether oxygens (including phenoxy) is 2. The van der Waals surface area contributed by atoms with Crippen LogP contribution < -0.4 is 0 Å². The van der Waals surface area contributed by atoms with Gasteiger partial charge < -0.3 is 14.6 Å². The lowest BCUT2D eigenvalue weighted by molar-refractivity contribution is -0.177. The number of allylic oxidation sites excluding steroid dienone is 3. The molecule has 6 nitrogen and oxygen atoms in total. The third-order valence-electron chi connectivity index (χ3n) is 10.7. The molecular formula is C29H40O6. The molecule has 8 atom stereocenters. The minimum atomic E-state index is -0.992. The molecule has 35 heavy (non-hydrogen) atoms. The monoisotopic (exact) mass is 484 g/mol. The van der Waals surface area contributed by atoms with Crippen LogP contribution in [0.25, 0.3) is 0 Å². The van der Waals surface area contributed by atoms with Gasteiger partial charge in [0.2, 0.25) is 0 Å². The third kappa shape index (κ3) is 3.65. The zero-order valence-corrected chi connectivity index (χ0v) is 21.5. The smallest absolute Gasteiger partial charge is 0.316 e. The highest BCUT2D eigenvalue weighted by Crippen LogP contribution is 2.63. The number of aliphatic hydroxyl groups is 1. The van der Waals surface area contributed by atoms with Gasteiger partial charge in [0.15, 0.2) is 5.78 Å². The van der Waals surface area contributed by atoms with Gasteiger partial charge >= 0.3 is 11.9 Å². The predicted octanol–water partition coefficient (Wildman–Crippen LogP) is 4.55. The Morgan fingerprint density at radius 2 is 1.89 bits per heavy atom. The number of rotatable bonds is 5. The molecule has 0 radical (unpaired) electrons. The third-order valence-corrected chi connectivity index (χ3v) is 10.7. The number of aliphatic hydroxyl groups excluding tert-OH is 1. The summed E-state index contributed by atoms with van der Waals surface area (Å²) in [5.41, 5.74) is 0.819. The molecule has 1 N–H and O–H groups in total. The van der Waals surface area contributed by atoms with Crippen LogP contribution in [0.3, 0.4) is 0 Å². The average molecular weight is 485 g/mol. The summed E-state index contributed by atoms with van der Waals surface area (Å²) in [4.78, 5) is 39.1. The lowest BCUT2D eigenvalue weighted by atomic mass is 9.46. The van der Waals surface area contributed by atoms with Gasteiger partial charge in [-0.05, 0) is 75.7 Å². The number of ketones is 1. The van der Waals surface area contributed by atoms with Crippen LogP contribution in [0.5, 0.6) is 0 Å². The van der Waals surface area contributed by atoms with Gasteiger partial charge in [0, 0.05) is 17.8 Å². The lowest BCUT2D eigenvalue weighted by Crippen LogP contribution is -2.63. The fraction of sp³-hybridized carbons (Fsp3) is 0.759. The maximum Gasteiger partial charge on any atom is 0.316 e.